The number of anilines is 2. The second-order valence-electron chi connectivity index (χ2n) is 4.12. The molecule has 20 heavy (non-hydrogen) atoms. The molecule has 0 aromatic heterocycles. The van der Waals surface area contributed by atoms with Crippen LogP contribution in [0.15, 0.2) is 36.4 Å². The van der Waals surface area contributed by atoms with Gasteiger partial charge in [-0.2, -0.15) is 0 Å². The fourth-order valence-electron chi connectivity index (χ4n) is 1.60. The molecule has 0 aliphatic rings. The van der Waals surface area contributed by atoms with Gasteiger partial charge < -0.3 is 10.6 Å². The number of hydrogen-bond acceptors (Lipinski definition) is 1. The van der Waals surface area contributed by atoms with Crippen LogP contribution in [0.1, 0.15) is 5.56 Å². The van der Waals surface area contributed by atoms with E-state index in [2.05, 4.69) is 10.6 Å². The number of benzene rings is 2. The summed E-state index contributed by atoms with van der Waals surface area (Å²) in [4.78, 5) is 0. The zero-order chi connectivity index (χ0) is 14.7. The highest BCUT2D eigenvalue weighted by Crippen LogP contribution is 2.21. The maximum absolute atomic E-state index is 13.4. The van der Waals surface area contributed by atoms with E-state index in [9.17, 15) is 8.78 Å². The second kappa shape index (κ2) is 6.15. The van der Waals surface area contributed by atoms with Gasteiger partial charge >= 0.3 is 0 Å². The third kappa shape index (κ3) is 3.43. The smallest absolute Gasteiger partial charge is 0.175 e. The summed E-state index contributed by atoms with van der Waals surface area (Å²) < 4.78 is 26.4. The Kier molecular flexibility index (Phi) is 4.52. The molecule has 6 heteroatoms. The average molecular weight is 313 g/mol. The number of halogens is 3. The first-order chi connectivity index (χ1) is 9.47. The highest BCUT2D eigenvalue weighted by atomic mass is 35.5. The Labute approximate surface area is 125 Å². The molecule has 2 N–H and O–H groups in total. The Balaban J connectivity index is 2.09. The number of thiocarbonyl (C=S) groups is 1. The molecule has 2 nitrogen and oxygen atoms in total. The molecule has 0 fully saturated rings. The molecule has 0 atom stereocenters. The summed E-state index contributed by atoms with van der Waals surface area (Å²) >= 11 is 10.8. The first-order valence-corrected chi connectivity index (χ1v) is 6.54. The van der Waals surface area contributed by atoms with Crippen LogP contribution in [0.3, 0.4) is 0 Å². The van der Waals surface area contributed by atoms with Crippen molar-refractivity contribution in [2.45, 2.75) is 6.92 Å². The van der Waals surface area contributed by atoms with Crippen molar-refractivity contribution >= 4 is 40.3 Å². The van der Waals surface area contributed by atoms with Crippen molar-refractivity contribution in [2.24, 2.45) is 0 Å². The molecule has 2 aromatic carbocycles. The van der Waals surface area contributed by atoms with Crippen molar-refractivity contribution in [3.8, 4) is 0 Å². The number of hydrogen-bond donors (Lipinski definition) is 2. The van der Waals surface area contributed by atoms with Crippen molar-refractivity contribution < 1.29 is 8.78 Å². The molecule has 2 aromatic rings. The summed E-state index contributed by atoms with van der Waals surface area (Å²) in [7, 11) is 0. The molecule has 104 valence electrons. The summed E-state index contributed by atoms with van der Waals surface area (Å²) in [6.07, 6.45) is 0. The lowest BCUT2D eigenvalue weighted by Crippen LogP contribution is -2.19. The molecule has 0 unspecified atom stereocenters. The number of nitrogens with one attached hydrogen (secondary N) is 2. The lowest BCUT2D eigenvalue weighted by molar-refractivity contribution is 0.619. The van der Waals surface area contributed by atoms with Gasteiger partial charge in [0, 0.05) is 16.9 Å². The predicted octanol–water partition coefficient (Wildman–Crippen LogP) is 4.74. The van der Waals surface area contributed by atoms with Crippen LogP contribution >= 0.6 is 23.8 Å². The summed E-state index contributed by atoms with van der Waals surface area (Å²) in [6.45, 7) is 1.65. The van der Waals surface area contributed by atoms with Crippen molar-refractivity contribution in [1.29, 1.82) is 0 Å². The first-order valence-electron chi connectivity index (χ1n) is 5.75. The van der Waals surface area contributed by atoms with E-state index in [1.54, 1.807) is 19.1 Å². The molecular formula is C14H11ClF2N2S. The van der Waals surface area contributed by atoms with Crippen molar-refractivity contribution in [1.82, 2.24) is 0 Å². The first kappa shape index (κ1) is 14.7. The van der Waals surface area contributed by atoms with Crippen LogP contribution in [0, 0.1) is 18.6 Å². The van der Waals surface area contributed by atoms with E-state index in [-0.39, 0.29) is 16.0 Å². The lowest BCUT2D eigenvalue weighted by Gasteiger charge is -2.13. The highest BCUT2D eigenvalue weighted by molar-refractivity contribution is 7.80. The normalized spacial score (nSPS) is 10.2. The van der Waals surface area contributed by atoms with Gasteiger partial charge in [0.25, 0.3) is 0 Å². The van der Waals surface area contributed by atoms with Gasteiger partial charge in [0.2, 0.25) is 0 Å². The Bertz CT molecular complexity index is 662. The van der Waals surface area contributed by atoms with E-state index in [1.165, 1.54) is 24.3 Å². The van der Waals surface area contributed by atoms with Crippen molar-refractivity contribution in [3.05, 3.63) is 58.6 Å². The van der Waals surface area contributed by atoms with Gasteiger partial charge in [0.15, 0.2) is 5.11 Å². The number of rotatable bonds is 2. The SMILES string of the molecule is Cc1c(F)cccc1NC(=S)Nc1ccc(F)c(Cl)c1. The van der Waals surface area contributed by atoms with Crippen molar-refractivity contribution in [3.63, 3.8) is 0 Å². The van der Waals surface area contributed by atoms with E-state index in [1.807, 2.05) is 0 Å². The Morgan fingerprint density at radius 1 is 1.10 bits per heavy atom. The molecule has 0 radical (unpaired) electrons. The fourth-order valence-corrected chi connectivity index (χ4v) is 2.01. The second-order valence-corrected chi connectivity index (χ2v) is 4.94. The highest BCUT2D eigenvalue weighted by Gasteiger charge is 2.06. The minimum atomic E-state index is -0.503. The molecule has 2 rings (SSSR count). The fraction of sp³-hybridized carbons (Fsp3) is 0.0714. The quantitative estimate of drug-likeness (QED) is 0.784. The topological polar surface area (TPSA) is 24.1 Å². The predicted molar refractivity (Wildman–Crippen MR) is 82.4 cm³/mol. The minimum absolute atomic E-state index is 0.000244. The van der Waals surface area contributed by atoms with Crippen LogP contribution in [0.4, 0.5) is 20.2 Å². The van der Waals surface area contributed by atoms with E-state index >= 15 is 0 Å². The third-order valence-electron chi connectivity index (χ3n) is 2.69. The van der Waals surface area contributed by atoms with Gasteiger partial charge in [0.1, 0.15) is 11.6 Å². The standard InChI is InChI=1S/C14H11ClF2N2S/c1-8-11(16)3-2-4-13(8)19-14(20)18-9-5-6-12(17)10(15)7-9/h2-7H,1H3,(H2,18,19,20). The van der Waals surface area contributed by atoms with Gasteiger partial charge in [-0.3, -0.25) is 0 Å². The molecular weight excluding hydrogens is 302 g/mol. The van der Waals surface area contributed by atoms with E-state index in [0.29, 0.717) is 16.9 Å². The molecule has 0 amide bonds. The molecule has 0 saturated carbocycles. The van der Waals surface area contributed by atoms with Crippen molar-refractivity contribution in [2.75, 3.05) is 10.6 Å². The van der Waals surface area contributed by atoms with Gasteiger partial charge in [-0.1, -0.05) is 17.7 Å². The summed E-state index contributed by atoms with van der Waals surface area (Å²) in [5.74, 6) is -0.820. The van der Waals surface area contributed by atoms with Crippen LogP contribution in [0.2, 0.25) is 5.02 Å². The molecule has 0 heterocycles. The van der Waals surface area contributed by atoms with Crippen LogP contribution in [-0.2, 0) is 0 Å². The van der Waals surface area contributed by atoms with Gasteiger partial charge in [-0.15, -0.1) is 0 Å². The Hall–Kier alpha value is -1.72. The van der Waals surface area contributed by atoms with E-state index in [0.717, 1.165) is 0 Å². The summed E-state index contributed by atoms with van der Waals surface area (Å²) in [5.41, 5.74) is 1.58. The monoisotopic (exact) mass is 312 g/mol. The van der Waals surface area contributed by atoms with Gasteiger partial charge in [-0.25, -0.2) is 8.78 Å². The molecule has 0 saturated heterocycles. The third-order valence-corrected chi connectivity index (χ3v) is 3.19. The largest absolute Gasteiger partial charge is 0.332 e. The molecule has 0 aliphatic heterocycles. The molecule has 0 spiro atoms. The minimum Gasteiger partial charge on any atom is -0.332 e. The maximum atomic E-state index is 13.4. The van der Waals surface area contributed by atoms with Crippen LogP contribution in [0.5, 0.6) is 0 Å². The van der Waals surface area contributed by atoms with Gasteiger partial charge in [-0.05, 0) is 49.5 Å². The maximum Gasteiger partial charge on any atom is 0.175 e. The van der Waals surface area contributed by atoms with Gasteiger partial charge in [0.05, 0.1) is 5.02 Å². The van der Waals surface area contributed by atoms with E-state index < -0.39 is 5.82 Å². The Morgan fingerprint density at radius 3 is 2.55 bits per heavy atom. The van der Waals surface area contributed by atoms with Crippen LogP contribution in [-0.4, -0.2) is 5.11 Å². The average Bonchev–Trinajstić information content (AvgIpc) is 2.39. The Morgan fingerprint density at radius 2 is 1.85 bits per heavy atom. The van der Waals surface area contributed by atoms with Crippen LogP contribution < -0.4 is 10.6 Å². The summed E-state index contributed by atoms with van der Waals surface area (Å²) in [6, 6.07) is 8.83. The van der Waals surface area contributed by atoms with Crippen LogP contribution in [0.25, 0.3) is 0 Å². The zero-order valence-corrected chi connectivity index (χ0v) is 12.1. The summed E-state index contributed by atoms with van der Waals surface area (Å²) in [5, 5.41) is 5.99. The molecule has 0 aliphatic carbocycles. The zero-order valence-electron chi connectivity index (χ0n) is 10.5. The van der Waals surface area contributed by atoms with E-state index in [4.69, 9.17) is 23.8 Å². The lowest BCUT2D eigenvalue weighted by atomic mass is 10.2. The molecule has 0 bridgehead atoms.